The molecule has 0 aromatic rings. The van der Waals surface area contributed by atoms with E-state index in [1.54, 1.807) is 0 Å². The van der Waals surface area contributed by atoms with Crippen molar-refractivity contribution in [3.05, 3.63) is 0 Å². The summed E-state index contributed by atoms with van der Waals surface area (Å²) in [5.41, 5.74) is 0. The third-order valence-electron chi connectivity index (χ3n) is 5.96. The lowest BCUT2D eigenvalue weighted by molar-refractivity contribution is -0.137. The van der Waals surface area contributed by atoms with Gasteiger partial charge >= 0.3 is 5.97 Å². The minimum absolute atomic E-state index is 0.0200. The van der Waals surface area contributed by atoms with Crippen molar-refractivity contribution in [2.45, 2.75) is 117 Å². The number of hydrogen-bond donors (Lipinski definition) is 3. The van der Waals surface area contributed by atoms with Gasteiger partial charge < -0.3 is 20.3 Å². The number of aliphatic carboxylic acids is 1. The van der Waals surface area contributed by atoms with Crippen LogP contribution in [-0.2, 0) is 14.2 Å². The lowest BCUT2D eigenvalue weighted by Crippen LogP contribution is -2.37. The molecule has 0 aromatic carbocycles. The minimum Gasteiger partial charge on any atom is -0.480 e. The van der Waals surface area contributed by atoms with Gasteiger partial charge in [0.1, 0.15) is 13.7 Å². The number of hydrogen-bond acceptors (Lipinski definition) is 4. The Morgan fingerprint density at radius 3 is 1.47 bits per heavy atom. The van der Waals surface area contributed by atoms with Crippen LogP contribution in [-0.4, -0.2) is 48.7 Å². The SMILES string of the molecule is CCCCCCCCCCP(=O)(CCCCCCCCCC)CNCC(=O)NCC(=O)O. The summed E-state index contributed by atoms with van der Waals surface area (Å²) in [7, 11) is -2.35. The zero-order chi connectivity index (χ0) is 23.9. The van der Waals surface area contributed by atoms with Crippen LogP contribution >= 0.6 is 7.14 Å². The van der Waals surface area contributed by atoms with Crippen molar-refractivity contribution in [3.63, 3.8) is 0 Å². The lowest BCUT2D eigenvalue weighted by atomic mass is 10.1. The number of amides is 1. The fraction of sp³-hybridized carbons (Fsp3) is 0.920. The first-order valence-electron chi connectivity index (χ1n) is 13.2. The third-order valence-corrected chi connectivity index (χ3v) is 9.02. The van der Waals surface area contributed by atoms with Crippen LogP contribution < -0.4 is 10.6 Å². The zero-order valence-electron chi connectivity index (χ0n) is 21.0. The van der Waals surface area contributed by atoms with Crippen molar-refractivity contribution in [2.24, 2.45) is 0 Å². The molecule has 0 aliphatic carbocycles. The molecule has 0 atom stereocenters. The Morgan fingerprint density at radius 2 is 1.06 bits per heavy atom. The Morgan fingerprint density at radius 1 is 0.656 bits per heavy atom. The summed E-state index contributed by atoms with van der Waals surface area (Å²) in [6.45, 7) is 4.10. The largest absolute Gasteiger partial charge is 0.480 e. The molecule has 7 heteroatoms. The molecule has 0 rings (SSSR count). The first-order valence-corrected chi connectivity index (χ1v) is 15.5. The second kappa shape index (κ2) is 21.9. The second-order valence-electron chi connectivity index (χ2n) is 9.21. The van der Waals surface area contributed by atoms with Crippen molar-refractivity contribution in [1.82, 2.24) is 10.6 Å². The molecule has 6 nitrogen and oxygen atoms in total. The summed E-state index contributed by atoms with van der Waals surface area (Å²) in [5.74, 6) is -1.42. The molecule has 0 saturated heterocycles. The Balaban J connectivity index is 4.24. The average Bonchev–Trinajstić information content (AvgIpc) is 2.76. The van der Waals surface area contributed by atoms with Crippen molar-refractivity contribution in [1.29, 1.82) is 0 Å². The van der Waals surface area contributed by atoms with Crippen molar-refractivity contribution in [3.8, 4) is 0 Å². The van der Waals surface area contributed by atoms with Crippen molar-refractivity contribution >= 4 is 19.0 Å². The van der Waals surface area contributed by atoms with Gasteiger partial charge in [0.05, 0.1) is 6.54 Å². The Hall–Kier alpha value is -0.870. The molecule has 0 heterocycles. The van der Waals surface area contributed by atoms with E-state index in [1.807, 2.05) is 0 Å². The third kappa shape index (κ3) is 21.0. The topological polar surface area (TPSA) is 95.5 Å². The highest BCUT2D eigenvalue weighted by atomic mass is 31.2. The van der Waals surface area contributed by atoms with Crippen LogP contribution in [0.3, 0.4) is 0 Å². The first kappa shape index (κ1) is 31.1. The van der Waals surface area contributed by atoms with Gasteiger partial charge in [-0.2, -0.15) is 0 Å². The van der Waals surface area contributed by atoms with Crippen LogP contribution in [0.1, 0.15) is 117 Å². The molecule has 0 saturated carbocycles. The molecule has 32 heavy (non-hydrogen) atoms. The maximum Gasteiger partial charge on any atom is 0.322 e. The molecule has 0 radical (unpaired) electrons. The number of carboxylic acids is 1. The van der Waals surface area contributed by atoms with E-state index in [4.69, 9.17) is 5.11 Å². The first-order chi connectivity index (χ1) is 15.4. The van der Waals surface area contributed by atoms with E-state index in [1.165, 1.54) is 77.0 Å². The quantitative estimate of drug-likeness (QED) is 0.111. The summed E-state index contributed by atoms with van der Waals surface area (Å²) in [6, 6.07) is 0. The number of carbonyl (C=O) groups excluding carboxylic acids is 1. The molecule has 0 aromatic heterocycles. The highest BCUT2D eigenvalue weighted by molar-refractivity contribution is 7.63. The molecule has 0 aliphatic rings. The molecule has 0 bridgehead atoms. The maximum absolute atomic E-state index is 13.5. The number of carbonyl (C=O) groups is 2. The number of nitrogens with one attached hydrogen (secondary N) is 2. The monoisotopic (exact) mass is 474 g/mol. The summed E-state index contributed by atoms with van der Waals surface area (Å²) >= 11 is 0. The van der Waals surface area contributed by atoms with Crippen LogP contribution in [0.15, 0.2) is 0 Å². The molecule has 0 spiro atoms. The van der Waals surface area contributed by atoms with Gasteiger partial charge in [0.15, 0.2) is 0 Å². The molecule has 0 fully saturated rings. The van der Waals surface area contributed by atoms with E-state index in [0.717, 1.165) is 38.0 Å². The van der Waals surface area contributed by atoms with Crippen LogP contribution in [0, 0.1) is 0 Å². The lowest BCUT2D eigenvalue weighted by Gasteiger charge is -2.19. The van der Waals surface area contributed by atoms with E-state index in [2.05, 4.69) is 24.5 Å². The minimum atomic E-state index is -2.35. The Bertz CT molecular complexity index is 490. The number of unbranched alkanes of at least 4 members (excludes halogenated alkanes) is 14. The molecule has 0 aliphatic heterocycles. The van der Waals surface area contributed by atoms with Crippen molar-refractivity contribution in [2.75, 3.05) is 31.7 Å². The smallest absolute Gasteiger partial charge is 0.322 e. The summed E-state index contributed by atoms with van der Waals surface area (Å²) in [6.07, 6.45) is 21.5. The van der Waals surface area contributed by atoms with Crippen LogP contribution in [0.5, 0.6) is 0 Å². The highest BCUT2D eigenvalue weighted by Crippen LogP contribution is 2.46. The van der Waals surface area contributed by atoms with Gasteiger partial charge in [-0.25, -0.2) is 0 Å². The number of carboxylic acid groups (broad SMARTS) is 1. The summed E-state index contributed by atoms with van der Waals surface area (Å²) in [5, 5.41) is 14.0. The molecular weight excluding hydrogens is 423 g/mol. The fourth-order valence-corrected chi connectivity index (χ4v) is 6.61. The normalized spacial score (nSPS) is 11.6. The van der Waals surface area contributed by atoms with Crippen LogP contribution in [0.4, 0.5) is 0 Å². The second-order valence-corrected chi connectivity index (χ2v) is 12.5. The molecular formula is C25H51N2O4P. The Labute approximate surface area is 197 Å². The standard InChI is InChI=1S/C25H51N2O4P/c1-3-5-7-9-11-13-15-17-19-32(31,20-18-16-14-12-10-8-6-4-2)23-26-21-24(28)27-22-25(29)30/h26H,3-23H2,1-2H3,(H,27,28)(H,29,30). The molecule has 0 unspecified atom stereocenters. The predicted molar refractivity (Wildman–Crippen MR) is 136 cm³/mol. The van der Waals surface area contributed by atoms with E-state index in [-0.39, 0.29) is 19.0 Å². The van der Waals surface area contributed by atoms with Gasteiger partial charge in [0.2, 0.25) is 5.91 Å². The van der Waals surface area contributed by atoms with Crippen molar-refractivity contribution < 1.29 is 19.3 Å². The van der Waals surface area contributed by atoms with Gasteiger partial charge in [0, 0.05) is 18.6 Å². The van der Waals surface area contributed by atoms with E-state index in [0.29, 0.717) is 6.29 Å². The van der Waals surface area contributed by atoms with Gasteiger partial charge in [-0.05, 0) is 12.8 Å². The summed E-state index contributed by atoms with van der Waals surface area (Å²) < 4.78 is 13.5. The van der Waals surface area contributed by atoms with E-state index < -0.39 is 13.1 Å². The van der Waals surface area contributed by atoms with Gasteiger partial charge in [-0.15, -0.1) is 0 Å². The fourth-order valence-electron chi connectivity index (χ4n) is 3.95. The zero-order valence-corrected chi connectivity index (χ0v) is 21.9. The highest BCUT2D eigenvalue weighted by Gasteiger charge is 2.21. The summed E-state index contributed by atoms with van der Waals surface area (Å²) in [4.78, 5) is 22.3. The number of rotatable bonds is 24. The molecule has 190 valence electrons. The van der Waals surface area contributed by atoms with Gasteiger partial charge in [0.25, 0.3) is 0 Å². The van der Waals surface area contributed by atoms with E-state index >= 15 is 0 Å². The predicted octanol–water partition coefficient (Wildman–Crippen LogP) is 6.38. The molecule has 1 amide bonds. The Kier molecular flexibility index (Phi) is 21.4. The van der Waals surface area contributed by atoms with Crippen LogP contribution in [0.25, 0.3) is 0 Å². The van der Waals surface area contributed by atoms with Gasteiger partial charge in [-0.1, -0.05) is 104 Å². The van der Waals surface area contributed by atoms with Crippen LogP contribution in [0.2, 0.25) is 0 Å². The maximum atomic E-state index is 13.5. The molecule has 3 N–H and O–H groups in total. The van der Waals surface area contributed by atoms with E-state index in [9.17, 15) is 14.2 Å². The van der Waals surface area contributed by atoms with Gasteiger partial charge in [-0.3, -0.25) is 9.59 Å². The average molecular weight is 475 g/mol.